The van der Waals surface area contributed by atoms with E-state index < -0.39 is 0 Å². The van der Waals surface area contributed by atoms with E-state index in [1.54, 1.807) is 0 Å². The molecule has 23 heavy (non-hydrogen) atoms. The first-order valence-corrected chi connectivity index (χ1v) is 8.33. The van der Waals surface area contributed by atoms with Crippen molar-refractivity contribution in [3.8, 4) is 5.75 Å². The highest BCUT2D eigenvalue weighted by Gasteiger charge is 2.25. The Kier molecular flexibility index (Phi) is 5.64. The molecule has 4 heteroatoms. The predicted molar refractivity (Wildman–Crippen MR) is 93.2 cm³/mol. The summed E-state index contributed by atoms with van der Waals surface area (Å²) in [5.74, 6) is 0.970. The van der Waals surface area contributed by atoms with E-state index in [1.165, 1.54) is 11.1 Å². The van der Waals surface area contributed by atoms with Crippen LogP contribution in [0.4, 0.5) is 0 Å². The number of hydrazine groups is 1. The number of hydrogen-bond acceptors (Lipinski definition) is 4. The van der Waals surface area contributed by atoms with Crippen LogP contribution in [0.15, 0.2) is 54.6 Å². The summed E-state index contributed by atoms with van der Waals surface area (Å²) in [4.78, 5) is 0. The maximum absolute atomic E-state index is 6.04. The lowest BCUT2D eigenvalue weighted by atomic mass is 10.0. The summed E-state index contributed by atoms with van der Waals surface area (Å²) in [5, 5.41) is 0. The van der Waals surface area contributed by atoms with Crippen molar-refractivity contribution in [3.63, 3.8) is 0 Å². The molecule has 0 radical (unpaired) electrons. The minimum Gasteiger partial charge on any atom is -0.493 e. The third-order valence-corrected chi connectivity index (χ3v) is 4.27. The number of para-hydroxylation sites is 1. The van der Waals surface area contributed by atoms with Gasteiger partial charge in [0, 0.05) is 18.2 Å². The maximum Gasteiger partial charge on any atom is 0.124 e. The summed E-state index contributed by atoms with van der Waals surface area (Å²) in [5.41, 5.74) is 14.9. The van der Waals surface area contributed by atoms with Gasteiger partial charge in [-0.3, -0.25) is 5.43 Å². The number of ether oxygens (including phenoxy) is 1. The highest BCUT2D eigenvalue weighted by molar-refractivity contribution is 5.36. The van der Waals surface area contributed by atoms with Gasteiger partial charge >= 0.3 is 0 Å². The van der Waals surface area contributed by atoms with E-state index in [1.807, 2.05) is 12.1 Å². The summed E-state index contributed by atoms with van der Waals surface area (Å²) in [6.45, 7) is 1.37. The molecule has 3 rings (SSSR count). The van der Waals surface area contributed by atoms with Gasteiger partial charge in [-0.25, -0.2) is 5.43 Å². The zero-order valence-electron chi connectivity index (χ0n) is 13.4. The van der Waals surface area contributed by atoms with Crippen molar-refractivity contribution in [1.82, 2.24) is 10.9 Å². The highest BCUT2D eigenvalue weighted by Crippen LogP contribution is 2.30. The molecule has 2 aromatic carbocycles. The van der Waals surface area contributed by atoms with Gasteiger partial charge in [0.2, 0.25) is 0 Å². The Bertz CT molecular complexity index is 603. The fourth-order valence-electron chi connectivity index (χ4n) is 2.98. The van der Waals surface area contributed by atoms with Crippen molar-refractivity contribution in [2.75, 3.05) is 13.2 Å². The quantitative estimate of drug-likeness (QED) is 0.688. The Morgan fingerprint density at radius 1 is 1.00 bits per heavy atom. The topological polar surface area (TPSA) is 59.3 Å². The first kappa shape index (κ1) is 16.0. The van der Waals surface area contributed by atoms with Crippen LogP contribution in [0.2, 0.25) is 0 Å². The number of nitrogens with two attached hydrogens (primary N) is 1. The van der Waals surface area contributed by atoms with Crippen molar-refractivity contribution >= 4 is 0 Å². The second kappa shape index (κ2) is 8.11. The molecule has 4 N–H and O–H groups in total. The molecule has 4 nitrogen and oxygen atoms in total. The van der Waals surface area contributed by atoms with E-state index in [-0.39, 0.29) is 6.04 Å². The molecule has 0 saturated carbocycles. The van der Waals surface area contributed by atoms with Gasteiger partial charge in [0.05, 0.1) is 12.6 Å². The van der Waals surface area contributed by atoms with E-state index >= 15 is 0 Å². The minimum atomic E-state index is 0.258. The fourth-order valence-corrected chi connectivity index (χ4v) is 2.98. The van der Waals surface area contributed by atoms with Crippen molar-refractivity contribution in [2.24, 2.45) is 5.73 Å². The predicted octanol–water partition coefficient (Wildman–Crippen LogP) is 2.56. The number of hydrogen-bond donors (Lipinski definition) is 3. The molecule has 0 spiro atoms. The molecule has 1 aliphatic rings. The first-order valence-electron chi connectivity index (χ1n) is 8.33. The van der Waals surface area contributed by atoms with Crippen LogP contribution in [0.1, 0.15) is 30.0 Å². The highest BCUT2D eigenvalue weighted by atomic mass is 16.5. The van der Waals surface area contributed by atoms with E-state index in [0.717, 1.165) is 31.6 Å². The van der Waals surface area contributed by atoms with Gasteiger partial charge in [-0.15, -0.1) is 0 Å². The number of nitrogens with one attached hydrogen (secondary N) is 2. The molecule has 2 aromatic rings. The summed E-state index contributed by atoms with van der Waals surface area (Å²) < 4.78 is 6.04. The van der Waals surface area contributed by atoms with Gasteiger partial charge < -0.3 is 10.5 Å². The van der Waals surface area contributed by atoms with Gasteiger partial charge in [-0.05, 0) is 30.9 Å². The van der Waals surface area contributed by atoms with Crippen molar-refractivity contribution < 1.29 is 4.74 Å². The van der Waals surface area contributed by atoms with Crippen LogP contribution in [-0.2, 0) is 6.42 Å². The van der Waals surface area contributed by atoms with Crippen LogP contribution in [-0.4, -0.2) is 19.2 Å². The standard InChI is InChI=1S/C19H25N3O/c20-14-16-13-18(22-21-16)17-10-4-5-11-19(17)23-12-6-9-15-7-2-1-3-8-15/h1-5,7-8,10-11,16,18,21-22H,6,9,12-14,20H2. The third kappa shape index (κ3) is 4.32. The van der Waals surface area contributed by atoms with E-state index in [9.17, 15) is 0 Å². The molecule has 2 unspecified atom stereocenters. The monoisotopic (exact) mass is 311 g/mol. The van der Waals surface area contributed by atoms with Gasteiger partial charge in [-0.1, -0.05) is 48.5 Å². The largest absolute Gasteiger partial charge is 0.493 e. The molecular weight excluding hydrogens is 286 g/mol. The summed E-state index contributed by atoms with van der Waals surface area (Å²) in [7, 11) is 0. The lowest BCUT2D eigenvalue weighted by Gasteiger charge is -2.16. The second-order valence-electron chi connectivity index (χ2n) is 5.99. The molecule has 1 aliphatic heterocycles. The molecule has 1 heterocycles. The maximum atomic E-state index is 6.04. The fraction of sp³-hybridized carbons (Fsp3) is 0.368. The van der Waals surface area contributed by atoms with Crippen molar-refractivity contribution in [2.45, 2.75) is 31.3 Å². The molecule has 2 atom stereocenters. The molecule has 0 aliphatic carbocycles. The first-order chi connectivity index (χ1) is 11.4. The van der Waals surface area contributed by atoms with Crippen LogP contribution in [0.5, 0.6) is 5.75 Å². The summed E-state index contributed by atoms with van der Waals surface area (Å²) in [6, 6.07) is 19.4. The number of rotatable bonds is 7. The van der Waals surface area contributed by atoms with Crippen molar-refractivity contribution in [3.05, 3.63) is 65.7 Å². The normalized spacial score (nSPS) is 20.6. The van der Waals surface area contributed by atoms with Crippen LogP contribution in [0.3, 0.4) is 0 Å². The number of benzene rings is 2. The molecule has 1 saturated heterocycles. The van der Waals surface area contributed by atoms with Gasteiger partial charge in [-0.2, -0.15) is 0 Å². The zero-order valence-corrected chi connectivity index (χ0v) is 13.4. The van der Waals surface area contributed by atoms with Crippen LogP contribution in [0, 0.1) is 0 Å². The SMILES string of the molecule is NCC1CC(c2ccccc2OCCCc2ccccc2)NN1. The van der Waals surface area contributed by atoms with E-state index in [2.05, 4.69) is 53.3 Å². The van der Waals surface area contributed by atoms with Gasteiger partial charge in [0.1, 0.15) is 5.75 Å². The Morgan fingerprint density at radius 3 is 2.57 bits per heavy atom. The van der Waals surface area contributed by atoms with Crippen LogP contribution < -0.4 is 21.3 Å². The lowest BCUT2D eigenvalue weighted by molar-refractivity contribution is 0.304. The van der Waals surface area contributed by atoms with E-state index in [0.29, 0.717) is 12.6 Å². The average Bonchev–Trinajstić information content (AvgIpc) is 3.09. The van der Waals surface area contributed by atoms with Crippen molar-refractivity contribution in [1.29, 1.82) is 0 Å². The number of aryl methyl sites for hydroxylation is 1. The van der Waals surface area contributed by atoms with Gasteiger partial charge in [0.25, 0.3) is 0 Å². The minimum absolute atomic E-state index is 0.258. The second-order valence-corrected chi connectivity index (χ2v) is 5.99. The Labute approximate surface area is 138 Å². The Balaban J connectivity index is 1.54. The van der Waals surface area contributed by atoms with Crippen LogP contribution in [0.25, 0.3) is 0 Å². The third-order valence-electron chi connectivity index (χ3n) is 4.27. The van der Waals surface area contributed by atoms with Crippen LogP contribution >= 0.6 is 0 Å². The average molecular weight is 311 g/mol. The zero-order chi connectivity index (χ0) is 15.9. The summed E-state index contributed by atoms with van der Waals surface area (Å²) in [6.07, 6.45) is 3.04. The molecule has 0 amide bonds. The molecular formula is C19H25N3O. The summed E-state index contributed by atoms with van der Waals surface area (Å²) >= 11 is 0. The van der Waals surface area contributed by atoms with E-state index in [4.69, 9.17) is 10.5 Å². The Hall–Kier alpha value is -1.88. The Morgan fingerprint density at radius 2 is 1.78 bits per heavy atom. The molecule has 1 fully saturated rings. The molecule has 0 aromatic heterocycles. The molecule has 0 bridgehead atoms. The lowest BCUT2D eigenvalue weighted by Crippen LogP contribution is -2.35. The van der Waals surface area contributed by atoms with Gasteiger partial charge in [0.15, 0.2) is 0 Å². The molecule has 122 valence electrons. The smallest absolute Gasteiger partial charge is 0.124 e.